The van der Waals surface area contributed by atoms with E-state index in [0.717, 1.165) is 31.4 Å². The van der Waals surface area contributed by atoms with Crippen LogP contribution in [0.1, 0.15) is 24.8 Å². The van der Waals surface area contributed by atoms with Crippen molar-refractivity contribution in [1.29, 1.82) is 0 Å². The minimum Gasteiger partial charge on any atom is -0.313 e. The van der Waals surface area contributed by atoms with Gasteiger partial charge < -0.3 is 5.32 Å². The minimum atomic E-state index is -3.25. The highest BCUT2D eigenvalue weighted by Crippen LogP contribution is 2.21. The van der Waals surface area contributed by atoms with Gasteiger partial charge in [-0.25, -0.2) is 13.1 Å². The molecule has 0 aliphatic carbocycles. The van der Waals surface area contributed by atoms with Gasteiger partial charge in [-0.1, -0.05) is 35.7 Å². The molecule has 1 atom stereocenters. The number of hydrogen-bond acceptors (Lipinski definition) is 3. The Kier molecular flexibility index (Phi) is 6.32. The van der Waals surface area contributed by atoms with Crippen molar-refractivity contribution in [2.24, 2.45) is 0 Å². The third kappa shape index (κ3) is 5.75. The lowest BCUT2D eigenvalue weighted by atomic mass is 10.1. The smallest absolute Gasteiger partial charge is 0.213 e. The average molecular weight is 351 g/mol. The van der Waals surface area contributed by atoms with Crippen LogP contribution in [0, 0.1) is 0 Å². The zero-order valence-corrected chi connectivity index (χ0v) is 14.1. The number of sulfonamides is 1. The van der Waals surface area contributed by atoms with Crippen molar-refractivity contribution in [3.8, 4) is 0 Å². The molecule has 2 rings (SSSR count). The molecule has 1 aromatic rings. The molecule has 1 aliphatic heterocycles. The summed E-state index contributed by atoms with van der Waals surface area (Å²) in [5.41, 5.74) is 0.888. The Hall–Kier alpha value is -0.330. The van der Waals surface area contributed by atoms with E-state index in [1.54, 1.807) is 12.1 Å². The van der Waals surface area contributed by atoms with Crippen LogP contribution in [0.4, 0.5) is 0 Å². The van der Waals surface area contributed by atoms with E-state index in [-0.39, 0.29) is 11.8 Å². The molecule has 0 amide bonds. The van der Waals surface area contributed by atoms with Crippen LogP contribution in [-0.4, -0.2) is 33.3 Å². The molecule has 1 saturated heterocycles. The SMILES string of the molecule is O=S(=O)(CC1CCCCN1)NCCc1ccc(Cl)cc1Cl. The van der Waals surface area contributed by atoms with Crippen LogP contribution in [0.2, 0.25) is 10.0 Å². The van der Waals surface area contributed by atoms with Crippen molar-refractivity contribution < 1.29 is 8.42 Å². The lowest BCUT2D eigenvalue weighted by Crippen LogP contribution is -2.42. The van der Waals surface area contributed by atoms with E-state index in [1.807, 2.05) is 6.07 Å². The van der Waals surface area contributed by atoms with Gasteiger partial charge in [0.1, 0.15) is 0 Å². The fourth-order valence-electron chi connectivity index (χ4n) is 2.46. The van der Waals surface area contributed by atoms with E-state index in [4.69, 9.17) is 23.2 Å². The second-order valence-electron chi connectivity index (χ2n) is 5.31. The van der Waals surface area contributed by atoms with Gasteiger partial charge in [0.2, 0.25) is 10.0 Å². The van der Waals surface area contributed by atoms with Gasteiger partial charge in [0.15, 0.2) is 0 Å². The molecule has 2 N–H and O–H groups in total. The Balaban J connectivity index is 1.81. The average Bonchev–Trinajstić information content (AvgIpc) is 2.42. The van der Waals surface area contributed by atoms with Crippen molar-refractivity contribution in [2.45, 2.75) is 31.7 Å². The fourth-order valence-corrected chi connectivity index (χ4v) is 4.30. The number of nitrogens with one attached hydrogen (secondary N) is 2. The summed E-state index contributed by atoms with van der Waals surface area (Å²) >= 11 is 11.9. The van der Waals surface area contributed by atoms with Crippen LogP contribution in [0.3, 0.4) is 0 Å². The van der Waals surface area contributed by atoms with Gasteiger partial charge in [-0.15, -0.1) is 0 Å². The van der Waals surface area contributed by atoms with E-state index < -0.39 is 10.0 Å². The molecular weight excluding hydrogens is 331 g/mol. The number of halogens is 2. The van der Waals surface area contributed by atoms with Crippen LogP contribution < -0.4 is 10.0 Å². The highest BCUT2D eigenvalue weighted by Gasteiger charge is 2.20. The van der Waals surface area contributed by atoms with E-state index in [2.05, 4.69) is 10.0 Å². The molecular formula is C14H20Cl2N2O2S. The third-order valence-electron chi connectivity index (χ3n) is 3.56. The Morgan fingerprint density at radius 2 is 2.10 bits per heavy atom. The van der Waals surface area contributed by atoms with Crippen LogP contribution in [-0.2, 0) is 16.4 Å². The predicted molar refractivity (Wildman–Crippen MR) is 87.6 cm³/mol. The Labute approximate surface area is 136 Å². The quantitative estimate of drug-likeness (QED) is 0.828. The fraction of sp³-hybridized carbons (Fsp3) is 0.571. The zero-order valence-electron chi connectivity index (χ0n) is 11.7. The summed E-state index contributed by atoms with van der Waals surface area (Å²) in [6, 6.07) is 5.31. The first-order valence-corrected chi connectivity index (χ1v) is 9.52. The van der Waals surface area contributed by atoms with E-state index in [9.17, 15) is 8.42 Å². The van der Waals surface area contributed by atoms with Crippen LogP contribution in [0.25, 0.3) is 0 Å². The topological polar surface area (TPSA) is 58.2 Å². The first-order chi connectivity index (χ1) is 9.96. The predicted octanol–water partition coefficient (Wildman–Crippen LogP) is 2.60. The van der Waals surface area contributed by atoms with Crippen molar-refractivity contribution in [1.82, 2.24) is 10.0 Å². The number of hydrogen-bond donors (Lipinski definition) is 2. The molecule has 7 heteroatoms. The second kappa shape index (κ2) is 7.79. The Bertz CT molecular complexity index is 572. The molecule has 0 radical (unpaired) electrons. The molecule has 1 fully saturated rings. The van der Waals surface area contributed by atoms with Crippen molar-refractivity contribution >= 4 is 33.2 Å². The standard InChI is InChI=1S/C14H20Cl2N2O2S/c15-12-5-4-11(14(16)9-12)6-8-18-21(19,20)10-13-3-1-2-7-17-13/h4-5,9,13,17-18H,1-3,6-8,10H2. The van der Waals surface area contributed by atoms with E-state index >= 15 is 0 Å². The number of piperidine rings is 1. The monoisotopic (exact) mass is 350 g/mol. The molecule has 118 valence electrons. The van der Waals surface area contributed by atoms with Crippen LogP contribution in [0.15, 0.2) is 18.2 Å². The Morgan fingerprint density at radius 1 is 1.29 bits per heavy atom. The van der Waals surface area contributed by atoms with Crippen LogP contribution in [0.5, 0.6) is 0 Å². The molecule has 1 heterocycles. The van der Waals surface area contributed by atoms with Gasteiger partial charge in [-0.3, -0.25) is 0 Å². The molecule has 4 nitrogen and oxygen atoms in total. The second-order valence-corrected chi connectivity index (χ2v) is 8.00. The first kappa shape index (κ1) is 17.0. The summed E-state index contributed by atoms with van der Waals surface area (Å²) in [6.45, 7) is 1.25. The molecule has 0 bridgehead atoms. The summed E-state index contributed by atoms with van der Waals surface area (Å²) in [7, 11) is -3.25. The van der Waals surface area contributed by atoms with Crippen molar-refractivity contribution in [3.05, 3.63) is 33.8 Å². The van der Waals surface area contributed by atoms with Gasteiger partial charge in [0.05, 0.1) is 5.75 Å². The maximum atomic E-state index is 12.0. The molecule has 1 unspecified atom stereocenters. The van der Waals surface area contributed by atoms with Crippen molar-refractivity contribution in [2.75, 3.05) is 18.8 Å². The lowest BCUT2D eigenvalue weighted by molar-refractivity contribution is 0.422. The first-order valence-electron chi connectivity index (χ1n) is 7.11. The van der Waals surface area contributed by atoms with Gasteiger partial charge >= 0.3 is 0 Å². The van der Waals surface area contributed by atoms with Gasteiger partial charge in [-0.05, 0) is 43.5 Å². The number of benzene rings is 1. The summed E-state index contributed by atoms with van der Waals surface area (Å²) in [5, 5.41) is 4.39. The molecule has 21 heavy (non-hydrogen) atoms. The summed E-state index contributed by atoms with van der Waals surface area (Å²) in [6.07, 6.45) is 3.68. The molecule has 0 saturated carbocycles. The minimum absolute atomic E-state index is 0.0652. The van der Waals surface area contributed by atoms with Gasteiger partial charge in [0.25, 0.3) is 0 Å². The van der Waals surface area contributed by atoms with E-state index in [1.165, 1.54) is 0 Å². The highest BCUT2D eigenvalue weighted by atomic mass is 35.5. The van der Waals surface area contributed by atoms with Gasteiger partial charge in [-0.2, -0.15) is 0 Å². The van der Waals surface area contributed by atoms with Crippen LogP contribution >= 0.6 is 23.2 Å². The summed E-state index contributed by atoms with van der Waals surface area (Å²) < 4.78 is 26.7. The van der Waals surface area contributed by atoms with Crippen molar-refractivity contribution in [3.63, 3.8) is 0 Å². The summed E-state index contributed by atoms with van der Waals surface area (Å²) in [4.78, 5) is 0. The summed E-state index contributed by atoms with van der Waals surface area (Å²) in [5.74, 6) is 0.140. The maximum Gasteiger partial charge on any atom is 0.213 e. The highest BCUT2D eigenvalue weighted by molar-refractivity contribution is 7.89. The molecule has 0 aromatic heterocycles. The van der Waals surface area contributed by atoms with E-state index in [0.29, 0.717) is 23.0 Å². The lowest BCUT2D eigenvalue weighted by Gasteiger charge is -2.23. The maximum absolute atomic E-state index is 12.0. The molecule has 0 spiro atoms. The van der Waals surface area contributed by atoms with Gasteiger partial charge in [0, 0.05) is 22.6 Å². The third-order valence-corrected chi connectivity index (χ3v) is 5.64. The molecule has 1 aromatic carbocycles. The largest absolute Gasteiger partial charge is 0.313 e. The molecule has 1 aliphatic rings. The normalized spacial score (nSPS) is 19.6. The number of rotatable bonds is 6. The zero-order chi connectivity index (χ0) is 15.3. The Morgan fingerprint density at radius 3 is 2.76 bits per heavy atom.